The van der Waals surface area contributed by atoms with E-state index >= 15 is 0 Å². The van der Waals surface area contributed by atoms with Crippen LogP contribution in [0, 0.1) is 0 Å². The number of carbonyl (C=O) groups excluding carboxylic acids is 1. The second kappa shape index (κ2) is 11.5. The van der Waals surface area contributed by atoms with Crippen LogP contribution in [0.2, 0.25) is 0 Å². The first kappa shape index (κ1) is 23.6. The number of pyridine rings is 1. The summed E-state index contributed by atoms with van der Waals surface area (Å²) < 4.78 is 5.44. The quantitative estimate of drug-likeness (QED) is 0.431. The molecule has 1 aliphatic heterocycles. The number of piperidine rings is 1. The Kier molecular flexibility index (Phi) is 7.99. The van der Waals surface area contributed by atoms with Crippen LogP contribution in [-0.4, -0.2) is 35.6 Å². The summed E-state index contributed by atoms with van der Waals surface area (Å²) in [5.41, 5.74) is 2.96. The summed E-state index contributed by atoms with van der Waals surface area (Å²) in [6.07, 6.45) is 4.59. The van der Waals surface area contributed by atoms with Crippen LogP contribution >= 0.6 is 0 Å². The van der Waals surface area contributed by atoms with Crippen LogP contribution in [0.15, 0.2) is 71.7 Å². The Labute approximate surface area is 200 Å². The van der Waals surface area contributed by atoms with Crippen molar-refractivity contribution in [1.82, 2.24) is 9.88 Å². The molecule has 1 atom stereocenters. The van der Waals surface area contributed by atoms with Crippen molar-refractivity contribution >= 4 is 17.5 Å². The highest BCUT2D eigenvalue weighted by Crippen LogP contribution is 2.22. The molecule has 1 aliphatic rings. The van der Waals surface area contributed by atoms with Gasteiger partial charge in [-0.15, -0.1) is 0 Å². The molecule has 1 aromatic heterocycles. The van der Waals surface area contributed by atoms with Crippen LogP contribution < -0.4 is 20.9 Å². The van der Waals surface area contributed by atoms with Gasteiger partial charge in [0.1, 0.15) is 0 Å². The van der Waals surface area contributed by atoms with Gasteiger partial charge in [0, 0.05) is 25.0 Å². The third-order valence-electron chi connectivity index (χ3n) is 6.11. The molecule has 0 radical (unpaired) electrons. The van der Waals surface area contributed by atoms with Crippen LogP contribution in [0.1, 0.15) is 43.2 Å². The molecule has 0 bridgehead atoms. The third-order valence-corrected chi connectivity index (χ3v) is 6.11. The van der Waals surface area contributed by atoms with Crippen molar-refractivity contribution in [3.05, 3.63) is 88.3 Å². The topological polar surface area (TPSA) is 86.5 Å². The van der Waals surface area contributed by atoms with Crippen molar-refractivity contribution in [3.8, 4) is 5.75 Å². The van der Waals surface area contributed by atoms with Crippen molar-refractivity contribution in [2.75, 3.05) is 30.3 Å². The molecule has 3 N–H and O–H groups in total. The third kappa shape index (κ3) is 6.48. The minimum atomic E-state index is -0.703. The number of aromatic nitrogens is 1. The number of rotatable bonds is 8. The Morgan fingerprint density at radius 2 is 1.85 bits per heavy atom. The lowest BCUT2D eigenvalue weighted by Crippen LogP contribution is -2.29. The molecular weight excluding hydrogens is 428 g/mol. The van der Waals surface area contributed by atoms with E-state index in [9.17, 15) is 9.59 Å². The Balaban J connectivity index is 1.38. The monoisotopic (exact) mass is 460 g/mol. The number of likely N-dealkylation sites (tertiary alicyclic amines) is 1. The van der Waals surface area contributed by atoms with E-state index in [1.807, 2.05) is 36.4 Å². The zero-order chi connectivity index (χ0) is 23.8. The van der Waals surface area contributed by atoms with Crippen molar-refractivity contribution in [1.29, 1.82) is 0 Å². The van der Waals surface area contributed by atoms with E-state index in [0.29, 0.717) is 17.9 Å². The number of benzene rings is 2. The van der Waals surface area contributed by atoms with Crippen molar-refractivity contribution in [2.24, 2.45) is 0 Å². The molecule has 3 aromatic rings. The zero-order valence-corrected chi connectivity index (χ0v) is 19.5. The van der Waals surface area contributed by atoms with Gasteiger partial charge in [-0.2, -0.15) is 0 Å². The Hall–Kier alpha value is -3.58. The van der Waals surface area contributed by atoms with Gasteiger partial charge in [-0.1, -0.05) is 55.8 Å². The lowest BCUT2D eigenvalue weighted by molar-refractivity contribution is 0.214. The van der Waals surface area contributed by atoms with Gasteiger partial charge in [0.05, 0.1) is 5.69 Å². The number of nitrogens with one attached hydrogen (secondary N) is 3. The normalized spacial score (nSPS) is 14.9. The molecule has 4 rings (SSSR count). The van der Waals surface area contributed by atoms with E-state index in [1.54, 1.807) is 6.07 Å². The summed E-state index contributed by atoms with van der Waals surface area (Å²) in [5, 5.41) is 6.00. The number of amides is 1. The van der Waals surface area contributed by atoms with E-state index in [1.165, 1.54) is 31.0 Å². The number of carbonyl (C=O) groups is 1. The molecule has 34 heavy (non-hydrogen) atoms. The summed E-state index contributed by atoms with van der Waals surface area (Å²) in [4.78, 5) is 30.0. The summed E-state index contributed by atoms with van der Waals surface area (Å²) in [7, 11) is 0. The first-order valence-corrected chi connectivity index (χ1v) is 11.9. The average molecular weight is 461 g/mol. The Morgan fingerprint density at radius 1 is 1.06 bits per heavy atom. The van der Waals surface area contributed by atoms with Crippen LogP contribution in [0.5, 0.6) is 5.75 Å². The fourth-order valence-electron chi connectivity index (χ4n) is 4.23. The molecule has 2 heterocycles. The van der Waals surface area contributed by atoms with Gasteiger partial charge in [0.25, 0.3) is 5.56 Å². The lowest BCUT2D eigenvalue weighted by atomic mass is 10.0. The van der Waals surface area contributed by atoms with Crippen LogP contribution in [0.25, 0.3) is 0 Å². The maximum atomic E-state index is 12.6. The summed E-state index contributed by atoms with van der Waals surface area (Å²) in [5.74, 6) is 0.162. The van der Waals surface area contributed by atoms with Crippen molar-refractivity contribution in [2.45, 2.75) is 38.6 Å². The fourth-order valence-corrected chi connectivity index (χ4v) is 4.23. The number of H-pyrrole nitrogens is 1. The number of ether oxygens (including phenoxy) is 1. The minimum Gasteiger partial charge on any atom is -0.402 e. The van der Waals surface area contributed by atoms with Crippen LogP contribution in [0.3, 0.4) is 0 Å². The van der Waals surface area contributed by atoms with Gasteiger partial charge < -0.3 is 15.0 Å². The molecule has 0 aliphatic carbocycles. The van der Waals surface area contributed by atoms with Gasteiger partial charge in [0.2, 0.25) is 5.75 Å². The molecular formula is C27H32N4O3. The summed E-state index contributed by atoms with van der Waals surface area (Å²) in [6.45, 7) is 5.75. The largest absolute Gasteiger partial charge is 0.417 e. The number of hydrogen-bond donors (Lipinski definition) is 3. The van der Waals surface area contributed by atoms with Crippen molar-refractivity contribution < 1.29 is 9.53 Å². The Bertz CT molecular complexity index is 1140. The molecule has 178 valence electrons. The molecule has 1 fully saturated rings. The summed E-state index contributed by atoms with van der Waals surface area (Å²) >= 11 is 0. The standard InChI is InChI=1S/C27H32N4O3/c1-20(22-10-4-2-5-11-22)18-29-24-13-14-28-26(32)25(24)34-27(33)30-23-12-8-9-21(17-23)19-31-15-6-3-7-16-31/h2,4-5,8-14,17,20H,3,6-7,15-16,18-19H2,1H3,(H,30,33)(H2,28,29,32). The highest BCUT2D eigenvalue weighted by Gasteiger charge is 2.16. The van der Waals surface area contributed by atoms with E-state index in [2.05, 4.69) is 45.6 Å². The van der Waals surface area contributed by atoms with E-state index in [4.69, 9.17) is 4.74 Å². The Morgan fingerprint density at radius 3 is 2.65 bits per heavy atom. The van der Waals surface area contributed by atoms with E-state index in [0.717, 1.165) is 25.2 Å². The number of hydrogen-bond acceptors (Lipinski definition) is 5. The molecule has 0 spiro atoms. The average Bonchev–Trinajstić information content (AvgIpc) is 2.85. The van der Waals surface area contributed by atoms with Gasteiger partial charge >= 0.3 is 6.09 Å². The highest BCUT2D eigenvalue weighted by atomic mass is 16.6. The molecule has 1 unspecified atom stereocenters. The van der Waals surface area contributed by atoms with Gasteiger partial charge in [-0.3, -0.25) is 15.0 Å². The van der Waals surface area contributed by atoms with Crippen LogP contribution in [-0.2, 0) is 6.54 Å². The highest BCUT2D eigenvalue weighted by molar-refractivity contribution is 5.87. The molecule has 1 saturated heterocycles. The minimum absolute atomic E-state index is 0.0512. The van der Waals surface area contributed by atoms with Gasteiger partial charge in [0.15, 0.2) is 0 Å². The second-order valence-electron chi connectivity index (χ2n) is 8.79. The predicted octanol–water partition coefficient (Wildman–Crippen LogP) is 5.19. The van der Waals surface area contributed by atoms with E-state index in [-0.39, 0.29) is 11.7 Å². The first-order chi connectivity index (χ1) is 16.6. The first-order valence-electron chi connectivity index (χ1n) is 11.9. The predicted molar refractivity (Wildman–Crippen MR) is 136 cm³/mol. The van der Waals surface area contributed by atoms with Gasteiger partial charge in [-0.25, -0.2) is 4.79 Å². The lowest BCUT2D eigenvalue weighted by Gasteiger charge is -2.26. The van der Waals surface area contributed by atoms with Crippen LogP contribution in [0.4, 0.5) is 16.2 Å². The smallest absolute Gasteiger partial charge is 0.402 e. The van der Waals surface area contributed by atoms with E-state index < -0.39 is 11.7 Å². The molecule has 7 heteroatoms. The van der Waals surface area contributed by atoms with Crippen molar-refractivity contribution in [3.63, 3.8) is 0 Å². The maximum absolute atomic E-state index is 12.6. The molecule has 0 saturated carbocycles. The fraction of sp³-hybridized carbons (Fsp3) is 0.333. The number of aromatic amines is 1. The molecule has 2 aromatic carbocycles. The molecule has 1 amide bonds. The summed E-state index contributed by atoms with van der Waals surface area (Å²) in [6, 6.07) is 19.5. The van der Waals surface area contributed by atoms with Gasteiger partial charge in [-0.05, 0) is 61.2 Å². The maximum Gasteiger partial charge on any atom is 0.417 e. The molecule has 7 nitrogen and oxygen atoms in total. The number of nitrogens with zero attached hydrogens (tertiary/aromatic N) is 1. The zero-order valence-electron chi connectivity index (χ0n) is 19.5. The second-order valence-corrected chi connectivity index (χ2v) is 8.79. The SMILES string of the molecule is CC(CNc1cc[nH]c(=O)c1OC(=O)Nc1cccc(CN2CCCCC2)c1)c1ccccc1. The number of anilines is 2.